The first-order valence-electron chi connectivity index (χ1n) is 7.02. The quantitative estimate of drug-likeness (QED) is 0.344. The third-order valence-electron chi connectivity index (χ3n) is 3.93. The number of aliphatic hydroxyl groups is 3. The fourth-order valence-corrected chi connectivity index (χ4v) is 4.04. The van der Waals surface area contributed by atoms with E-state index in [-0.39, 0.29) is 11.3 Å². The van der Waals surface area contributed by atoms with Crippen molar-refractivity contribution in [3.8, 4) is 0 Å². The Bertz CT molecular complexity index is 834. The number of aromatic nitrogens is 2. The molecule has 10 nitrogen and oxygen atoms in total. The van der Waals surface area contributed by atoms with Crippen LogP contribution in [0, 0.1) is 4.77 Å². The van der Waals surface area contributed by atoms with Gasteiger partial charge in [-0.05, 0) is 19.1 Å². The number of hydrogen-bond donors (Lipinski definition) is 5. The van der Waals surface area contributed by atoms with Gasteiger partial charge in [-0.1, -0.05) is 0 Å². The van der Waals surface area contributed by atoms with Crippen LogP contribution in [0.15, 0.2) is 15.9 Å². The van der Waals surface area contributed by atoms with Gasteiger partial charge in [-0.15, -0.1) is 0 Å². The fourth-order valence-electron chi connectivity index (χ4n) is 2.58. The lowest BCUT2D eigenvalue weighted by Gasteiger charge is -2.30. The Morgan fingerprint density at radius 2 is 2.12 bits per heavy atom. The Labute approximate surface area is 142 Å². The van der Waals surface area contributed by atoms with Crippen LogP contribution in [0.4, 0.5) is 0 Å². The first-order valence-corrected chi connectivity index (χ1v) is 9.08. The summed E-state index contributed by atoms with van der Waals surface area (Å²) < 4.78 is 30.6. The third kappa shape index (κ3) is 3.06. The van der Waals surface area contributed by atoms with E-state index in [0.29, 0.717) is 0 Å². The molecule has 2 heterocycles. The Balaban J connectivity index is 2.64. The van der Waals surface area contributed by atoms with Gasteiger partial charge in [0.15, 0.2) is 20.3 Å². The van der Waals surface area contributed by atoms with E-state index in [0.717, 1.165) is 10.8 Å². The zero-order valence-corrected chi connectivity index (χ0v) is 14.4. The predicted molar refractivity (Wildman–Crippen MR) is 84.6 cm³/mol. The normalized spacial score (nSPS) is 30.6. The molecule has 1 aromatic rings. The summed E-state index contributed by atoms with van der Waals surface area (Å²) >= 11 is 5.01. The molecule has 24 heavy (non-hydrogen) atoms. The minimum Gasteiger partial charge on any atom is -0.394 e. The average molecular weight is 381 g/mol. The van der Waals surface area contributed by atoms with Gasteiger partial charge < -0.3 is 25.8 Å². The monoisotopic (exact) mass is 381 g/mol. The van der Waals surface area contributed by atoms with Gasteiger partial charge in [-0.3, -0.25) is 14.3 Å². The molecule has 0 spiro atoms. The zero-order valence-electron chi connectivity index (χ0n) is 12.7. The van der Waals surface area contributed by atoms with Crippen molar-refractivity contribution in [1.82, 2.24) is 9.55 Å². The number of sulfone groups is 1. The van der Waals surface area contributed by atoms with Gasteiger partial charge in [0.25, 0.3) is 5.56 Å². The number of aromatic amines is 1. The number of H-pyrrole nitrogens is 1. The van der Waals surface area contributed by atoms with Gasteiger partial charge >= 0.3 is 0 Å². The standard InChI is InChI=1S/C12H19N3O7S2/c1-12(9(18)8(17)6(5-16)22-12)15-4-7(10(19)14-11(15)23)24(20,21)3-2-13/h4,6,8-9,16-18H,2-3,5,13H2,1H3,(H,14,19,23)/t6-,8-,9-,12-/m1/s1. The Hall–Kier alpha value is -1.15. The van der Waals surface area contributed by atoms with Gasteiger partial charge in [0, 0.05) is 12.7 Å². The molecule has 12 heteroatoms. The number of rotatable bonds is 5. The summed E-state index contributed by atoms with van der Waals surface area (Å²) in [6.07, 6.45) is -3.08. The molecule has 1 saturated heterocycles. The molecule has 0 bridgehead atoms. The maximum atomic E-state index is 12.2. The third-order valence-corrected chi connectivity index (χ3v) is 5.97. The van der Waals surface area contributed by atoms with E-state index < -0.39 is 56.7 Å². The molecule has 1 fully saturated rings. The van der Waals surface area contributed by atoms with Crippen LogP contribution in [0.2, 0.25) is 0 Å². The molecular weight excluding hydrogens is 362 g/mol. The van der Waals surface area contributed by atoms with Crippen molar-refractivity contribution in [2.75, 3.05) is 18.9 Å². The number of ether oxygens (including phenoxy) is 1. The summed E-state index contributed by atoms with van der Waals surface area (Å²) in [7, 11) is -3.97. The number of aliphatic hydroxyl groups excluding tert-OH is 3. The zero-order chi connectivity index (χ0) is 18.3. The second-order valence-corrected chi connectivity index (χ2v) is 8.02. The van der Waals surface area contributed by atoms with Crippen molar-refractivity contribution in [3.63, 3.8) is 0 Å². The second kappa shape index (κ2) is 6.63. The summed E-state index contributed by atoms with van der Waals surface area (Å²) in [6, 6.07) is 0. The van der Waals surface area contributed by atoms with Gasteiger partial charge in [0.2, 0.25) is 0 Å². The van der Waals surface area contributed by atoms with E-state index in [1.807, 2.05) is 0 Å². The molecule has 1 aliphatic heterocycles. The van der Waals surface area contributed by atoms with E-state index in [2.05, 4.69) is 4.98 Å². The predicted octanol–water partition coefficient (Wildman–Crippen LogP) is -2.58. The summed E-state index contributed by atoms with van der Waals surface area (Å²) in [5.41, 5.74) is 2.65. The Morgan fingerprint density at radius 1 is 1.50 bits per heavy atom. The van der Waals surface area contributed by atoms with Gasteiger partial charge in [-0.2, -0.15) is 0 Å². The maximum Gasteiger partial charge on any atom is 0.270 e. The molecule has 0 aromatic carbocycles. The molecule has 0 unspecified atom stereocenters. The van der Waals surface area contributed by atoms with E-state index in [1.54, 1.807) is 0 Å². The summed E-state index contributed by atoms with van der Waals surface area (Å²) in [5, 5.41) is 29.4. The summed E-state index contributed by atoms with van der Waals surface area (Å²) in [4.78, 5) is 13.6. The van der Waals surface area contributed by atoms with Gasteiger partial charge in [-0.25, -0.2) is 8.42 Å². The molecular formula is C12H19N3O7S2. The molecule has 0 aliphatic carbocycles. The first kappa shape index (κ1) is 19.2. The molecule has 0 radical (unpaired) electrons. The van der Waals surface area contributed by atoms with E-state index in [9.17, 15) is 28.5 Å². The smallest absolute Gasteiger partial charge is 0.270 e. The second-order valence-electron chi connectivity index (χ2n) is 5.56. The SMILES string of the molecule is C[C@@]1(n2cc(S(=O)(=O)CCN)c(=O)[nH]c2=S)O[C@H](CO)[C@@H](O)[C@H]1O. The molecule has 4 atom stereocenters. The fraction of sp³-hybridized carbons (Fsp3) is 0.667. The van der Waals surface area contributed by atoms with Crippen LogP contribution in [0.5, 0.6) is 0 Å². The minimum absolute atomic E-state index is 0.181. The lowest BCUT2D eigenvalue weighted by molar-refractivity contribution is -0.136. The molecule has 2 rings (SSSR count). The largest absolute Gasteiger partial charge is 0.394 e. The number of hydrogen-bond acceptors (Lipinski definition) is 9. The van der Waals surface area contributed by atoms with Crippen molar-refractivity contribution >= 4 is 22.1 Å². The lowest BCUT2D eigenvalue weighted by Crippen LogP contribution is -2.44. The maximum absolute atomic E-state index is 12.2. The van der Waals surface area contributed by atoms with Crippen molar-refractivity contribution in [3.05, 3.63) is 21.3 Å². The van der Waals surface area contributed by atoms with Gasteiger partial charge in [0.05, 0.1) is 12.4 Å². The van der Waals surface area contributed by atoms with E-state index >= 15 is 0 Å². The lowest BCUT2D eigenvalue weighted by atomic mass is 10.0. The van der Waals surface area contributed by atoms with E-state index in [4.69, 9.17) is 22.7 Å². The average Bonchev–Trinajstić information content (AvgIpc) is 2.71. The Morgan fingerprint density at radius 3 is 2.62 bits per heavy atom. The summed E-state index contributed by atoms with van der Waals surface area (Å²) in [6.45, 7) is 0.603. The van der Waals surface area contributed by atoms with Crippen LogP contribution in [-0.4, -0.2) is 70.5 Å². The summed E-state index contributed by atoms with van der Waals surface area (Å²) in [5.74, 6) is -0.450. The highest BCUT2D eigenvalue weighted by atomic mass is 32.2. The van der Waals surface area contributed by atoms with Crippen molar-refractivity contribution in [2.45, 2.75) is 35.9 Å². The van der Waals surface area contributed by atoms with Crippen LogP contribution >= 0.6 is 12.2 Å². The van der Waals surface area contributed by atoms with Gasteiger partial charge in [0.1, 0.15) is 23.2 Å². The number of nitrogens with two attached hydrogens (primary N) is 1. The molecule has 0 amide bonds. The minimum atomic E-state index is -3.97. The molecule has 6 N–H and O–H groups in total. The van der Waals surface area contributed by atoms with Crippen LogP contribution < -0.4 is 11.3 Å². The Kier molecular flexibility index (Phi) is 5.30. The van der Waals surface area contributed by atoms with Crippen LogP contribution in [0.3, 0.4) is 0 Å². The van der Waals surface area contributed by atoms with Crippen molar-refractivity contribution in [2.24, 2.45) is 5.73 Å². The molecule has 1 aliphatic rings. The van der Waals surface area contributed by atoms with Crippen molar-refractivity contribution in [1.29, 1.82) is 0 Å². The van der Waals surface area contributed by atoms with Crippen LogP contribution in [0.25, 0.3) is 0 Å². The highest BCUT2D eigenvalue weighted by Crippen LogP contribution is 2.35. The highest BCUT2D eigenvalue weighted by molar-refractivity contribution is 7.91. The molecule has 1 aromatic heterocycles. The number of nitrogens with zero attached hydrogens (tertiary/aromatic N) is 1. The molecule has 136 valence electrons. The van der Waals surface area contributed by atoms with Crippen LogP contribution in [0.1, 0.15) is 6.92 Å². The first-order chi connectivity index (χ1) is 11.1. The van der Waals surface area contributed by atoms with Crippen LogP contribution in [-0.2, 0) is 20.3 Å². The van der Waals surface area contributed by atoms with E-state index in [1.165, 1.54) is 6.92 Å². The number of nitrogens with one attached hydrogen (secondary N) is 1. The highest BCUT2D eigenvalue weighted by Gasteiger charge is 2.52. The molecule has 0 saturated carbocycles. The van der Waals surface area contributed by atoms with Crippen molar-refractivity contribution < 1.29 is 28.5 Å². The topological polar surface area (TPSA) is 168 Å².